The fourth-order valence-corrected chi connectivity index (χ4v) is 5.84. The summed E-state index contributed by atoms with van der Waals surface area (Å²) in [4.78, 5) is 22.0. The Morgan fingerprint density at radius 1 is 1.13 bits per heavy atom. The number of thiazole rings is 1. The first kappa shape index (κ1) is 20.9. The Bertz CT molecular complexity index is 954. The third-order valence-electron chi connectivity index (χ3n) is 6.86. The van der Waals surface area contributed by atoms with Crippen LogP contribution in [0.3, 0.4) is 0 Å². The predicted octanol–water partition coefficient (Wildman–Crippen LogP) is 5.17. The predicted molar refractivity (Wildman–Crippen MR) is 114 cm³/mol. The van der Waals surface area contributed by atoms with Gasteiger partial charge in [0, 0.05) is 42.5 Å². The van der Waals surface area contributed by atoms with Crippen LogP contribution >= 0.6 is 11.3 Å². The van der Waals surface area contributed by atoms with Gasteiger partial charge in [0.05, 0.1) is 5.56 Å². The van der Waals surface area contributed by atoms with Crippen molar-refractivity contribution in [2.45, 2.75) is 38.3 Å². The van der Waals surface area contributed by atoms with Crippen LogP contribution in [0.25, 0.3) is 10.6 Å². The fourth-order valence-electron chi connectivity index (χ4n) is 5.04. The molecule has 2 aromatic rings. The maximum atomic E-state index is 13.1. The summed E-state index contributed by atoms with van der Waals surface area (Å²) in [5, 5.41) is 2.29. The van der Waals surface area contributed by atoms with E-state index in [4.69, 9.17) is 0 Å². The number of benzene rings is 1. The average Bonchev–Trinajstić information content (AvgIpc) is 3.25. The molecule has 4 nitrogen and oxygen atoms in total. The third kappa shape index (κ3) is 4.51. The highest BCUT2D eigenvalue weighted by molar-refractivity contribution is 7.13. The summed E-state index contributed by atoms with van der Waals surface area (Å²) < 4.78 is 38.3. The molecule has 1 saturated carbocycles. The molecule has 2 saturated heterocycles. The van der Waals surface area contributed by atoms with E-state index in [0.717, 1.165) is 44.1 Å². The molecule has 1 unspecified atom stereocenters. The molecule has 0 bridgehead atoms. The van der Waals surface area contributed by atoms with Crippen molar-refractivity contribution >= 4 is 17.2 Å². The van der Waals surface area contributed by atoms with Crippen molar-refractivity contribution in [2.75, 3.05) is 32.7 Å². The number of nitrogens with zero attached hydrogens (tertiary/aromatic N) is 3. The average molecular weight is 450 g/mol. The van der Waals surface area contributed by atoms with E-state index in [2.05, 4.69) is 9.88 Å². The zero-order valence-electron chi connectivity index (χ0n) is 17.3. The zero-order valence-corrected chi connectivity index (χ0v) is 18.1. The van der Waals surface area contributed by atoms with Gasteiger partial charge in [-0.25, -0.2) is 4.98 Å². The molecule has 1 aromatic heterocycles. The first-order valence-electron chi connectivity index (χ1n) is 11.0. The van der Waals surface area contributed by atoms with Gasteiger partial charge in [-0.3, -0.25) is 4.79 Å². The molecule has 0 radical (unpaired) electrons. The maximum Gasteiger partial charge on any atom is 0.416 e. The number of aromatic nitrogens is 1. The van der Waals surface area contributed by atoms with Gasteiger partial charge in [-0.2, -0.15) is 13.2 Å². The number of rotatable bonds is 4. The Morgan fingerprint density at radius 3 is 2.61 bits per heavy atom. The fraction of sp³-hybridized carbons (Fsp3) is 0.565. The second-order valence-corrected chi connectivity index (χ2v) is 10.2. The van der Waals surface area contributed by atoms with Crippen LogP contribution < -0.4 is 0 Å². The van der Waals surface area contributed by atoms with E-state index >= 15 is 0 Å². The number of hydrogen-bond acceptors (Lipinski definition) is 4. The van der Waals surface area contributed by atoms with E-state index < -0.39 is 11.7 Å². The van der Waals surface area contributed by atoms with E-state index in [9.17, 15) is 18.0 Å². The van der Waals surface area contributed by atoms with Crippen LogP contribution in [0.2, 0.25) is 0 Å². The molecule has 1 atom stereocenters. The van der Waals surface area contributed by atoms with Crippen LogP contribution in [0, 0.1) is 11.3 Å². The second kappa shape index (κ2) is 7.89. The van der Waals surface area contributed by atoms with Crippen molar-refractivity contribution in [3.63, 3.8) is 0 Å². The second-order valence-electron chi connectivity index (χ2n) is 9.37. The Labute approximate surface area is 184 Å². The standard InChI is InChI=1S/C23H26F3N3OS/c24-23(25,26)18-6-4-17(5-7-18)20-27-19(13-31-20)21(30)29-11-9-22(15-29)8-1-10-28(14-22)12-16-2-3-16/h4-7,13,16H,1-3,8-12,14-15H2. The molecule has 5 rings (SSSR count). The molecule has 1 aliphatic carbocycles. The highest BCUT2D eigenvalue weighted by Gasteiger charge is 2.43. The molecule has 1 spiro atoms. The highest BCUT2D eigenvalue weighted by atomic mass is 32.1. The first-order valence-corrected chi connectivity index (χ1v) is 11.8. The monoisotopic (exact) mass is 449 g/mol. The van der Waals surface area contributed by atoms with Crippen LogP contribution in [0.4, 0.5) is 13.2 Å². The number of amides is 1. The first-order chi connectivity index (χ1) is 14.8. The SMILES string of the molecule is O=C(c1csc(-c2ccc(C(F)(F)F)cc2)n1)N1CCC2(CCCN(CC3CC3)C2)C1. The number of piperidine rings is 1. The Balaban J connectivity index is 1.24. The van der Waals surface area contributed by atoms with Crippen LogP contribution in [0.15, 0.2) is 29.6 Å². The van der Waals surface area contributed by atoms with Gasteiger partial charge in [0.1, 0.15) is 10.7 Å². The van der Waals surface area contributed by atoms with E-state index in [1.54, 1.807) is 5.38 Å². The molecule has 1 amide bonds. The van der Waals surface area contributed by atoms with Crippen molar-refractivity contribution in [2.24, 2.45) is 11.3 Å². The van der Waals surface area contributed by atoms with Crippen molar-refractivity contribution in [1.29, 1.82) is 0 Å². The van der Waals surface area contributed by atoms with Gasteiger partial charge in [-0.05, 0) is 56.7 Å². The van der Waals surface area contributed by atoms with Gasteiger partial charge in [-0.1, -0.05) is 12.1 Å². The largest absolute Gasteiger partial charge is 0.416 e. The molecule has 3 aliphatic rings. The lowest BCUT2D eigenvalue weighted by atomic mass is 9.79. The van der Waals surface area contributed by atoms with Crippen LogP contribution in [0.1, 0.15) is 48.2 Å². The normalized spacial score (nSPS) is 24.8. The van der Waals surface area contributed by atoms with Crippen molar-refractivity contribution in [3.8, 4) is 10.6 Å². The minimum absolute atomic E-state index is 0.0643. The van der Waals surface area contributed by atoms with E-state index in [1.807, 2.05) is 4.90 Å². The molecule has 31 heavy (non-hydrogen) atoms. The summed E-state index contributed by atoms with van der Waals surface area (Å²) in [6.45, 7) is 5.00. The molecular formula is C23H26F3N3OS. The van der Waals surface area contributed by atoms with Crippen molar-refractivity contribution in [3.05, 3.63) is 40.9 Å². The van der Waals surface area contributed by atoms with Crippen LogP contribution in [-0.4, -0.2) is 53.4 Å². The number of hydrogen-bond donors (Lipinski definition) is 0. The van der Waals surface area contributed by atoms with Gasteiger partial charge in [0.15, 0.2) is 0 Å². The molecule has 1 aromatic carbocycles. The van der Waals surface area contributed by atoms with Gasteiger partial charge < -0.3 is 9.80 Å². The maximum absolute atomic E-state index is 13.1. The summed E-state index contributed by atoms with van der Waals surface area (Å²) >= 11 is 1.30. The lowest BCUT2D eigenvalue weighted by Gasteiger charge is -2.40. The summed E-state index contributed by atoms with van der Waals surface area (Å²) in [6, 6.07) is 4.94. The van der Waals surface area contributed by atoms with Crippen LogP contribution in [-0.2, 0) is 6.18 Å². The quantitative estimate of drug-likeness (QED) is 0.646. The Morgan fingerprint density at radius 2 is 1.90 bits per heavy atom. The molecule has 3 heterocycles. The third-order valence-corrected chi connectivity index (χ3v) is 7.75. The van der Waals surface area contributed by atoms with E-state index in [1.165, 1.54) is 62.2 Å². The van der Waals surface area contributed by atoms with Crippen LogP contribution in [0.5, 0.6) is 0 Å². The lowest BCUT2D eigenvalue weighted by Crippen LogP contribution is -2.46. The minimum atomic E-state index is -4.36. The summed E-state index contributed by atoms with van der Waals surface area (Å²) in [6.07, 6.45) is 1.77. The Kier molecular flexibility index (Phi) is 5.33. The van der Waals surface area contributed by atoms with Gasteiger partial charge >= 0.3 is 6.18 Å². The Hall–Kier alpha value is -1.93. The van der Waals surface area contributed by atoms with Crippen molar-refractivity contribution < 1.29 is 18.0 Å². The van der Waals surface area contributed by atoms with Gasteiger partial charge in [0.25, 0.3) is 5.91 Å². The van der Waals surface area contributed by atoms with E-state index in [0.29, 0.717) is 16.3 Å². The highest BCUT2D eigenvalue weighted by Crippen LogP contribution is 2.41. The summed E-state index contributed by atoms with van der Waals surface area (Å²) in [5.74, 6) is 0.818. The summed E-state index contributed by atoms with van der Waals surface area (Å²) in [7, 11) is 0. The zero-order chi connectivity index (χ0) is 21.6. The lowest BCUT2D eigenvalue weighted by molar-refractivity contribution is -0.137. The topological polar surface area (TPSA) is 36.4 Å². The molecule has 0 N–H and O–H groups in total. The number of halogens is 3. The number of carbonyl (C=O) groups is 1. The molecule has 166 valence electrons. The molecule has 3 fully saturated rings. The molecule has 8 heteroatoms. The van der Waals surface area contributed by atoms with E-state index in [-0.39, 0.29) is 11.3 Å². The minimum Gasteiger partial charge on any atom is -0.337 e. The molecular weight excluding hydrogens is 423 g/mol. The number of carbonyl (C=O) groups excluding carboxylic acids is 1. The van der Waals surface area contributed by atoms with Crippen molar-refractivity contribution in [1.82, 2.24) is 14.8 Å². The van der Waals surface area contributed by atoms with Gasteiger partial charge in [0.2, 0.25) is 0 Å². The number of alkyl halides is 3. The molecule has 2 aliphatic heterocycles. The number of likely N-dealkylation sites (tertiary alicyclic amines) is 2. The summed E-state index contributed by atoms with van der Waals surface area (Å²) in [5.41, 5.74) is 0.505. The van der Waals surface area contributed by atoms with Gasteiger partial charge in [-0.15, -0.1) is 11.3 Å². The smallest absolute Gasteiger partial charge is 0.337 e.